The van der Waals surface area contributed by atoms with E-state index in [1.165, 1.54) is 18.5 Å². The van der Waals surface area contributed by atoms with Crippen LogP contribution in [0.25, 0.3) is 0 Å². The number of aromatic nitrogens is 1. The Balaban J connectivity index is 2.13. The molecule has 1 fully saturated rings. The third kappa shape index (κ3) is 2.90. The van der Waals surface area contributed by atoms with E-state index in [0.717, 1.165) is 6.42 Å². The molecular weight excluding hydrogens is 248 g/mol. The van der Waals surface area contributed by atoms with Crippen molar-refractivity contribution in [2.24, 2.45) is 5.92 Å². The highest BCUT2D eigenvalue weighted by molar-refractivity contribution is 6.01. The van der Waals surface area contributed by atoms with Gasteiger partial charge in [-0.15, -0.1) is 0 Å². The summed E-state index contributed by atoms with van der Waals surface area (Å²) in [7, 11) is 0. The summed E-state index contributed by atoms with van der Waals surface area (Å²) < 4.78 is 5.46. The largest absolute Gasteiger partial charge is 0.478 e. The van der Waals surface area contributed by atoms with E-state index in [-0.39, 0.29) is 29.2 Å². The summed E-state index contributed by atoms with van der Waals surface area (Å²) in [5.41, 5.74) is 0.261. The lowest BCUT2D eigenvalue weighted by molar-refractivity contribution is -0.121. The topological polar surface area (TPSA) is 88.5 Å². The number of nitrogens with one attached hydrogen (secondary N) is 1. The molecular formula is C13H16N2O4. The third-order valence-electron chi connectivity index (χ3n) is 3.26. The lowest BCUT2D eigenvalue weighted by Crippen LogP contribution is -2.29. The number of carboxylic acid groups (broad SMARTS) is 1. The maximum Gasteiger partial charge on any atom is 0.337 e. The minimum atomic E-state index is -1.09. The smallest absolute Gasteiger partial charge is 0.337 e. The fourth-order valence-corrected chi connectivity index (χ4v) is 2.26. The molecule has 6 nitrogen and oxygen atoms in total. The molecule has 0 bridgehead atoms. The molecule has 0 aromatic carbocycles. The van der Waals surface area contributed by atoms with Crippen molar-refractivity contribution < 1.29 is 19.4 Å². The first-order chi connectivity index (χ1) is 9.13. The van der Waals surface area contributed by atoms with E-state index in [0.29, 0.717) is 13.0 Å². The van der Waals surface area contributed by atoms with Gasteiger partial charge in [-0.3, -0.25) is 9.78 Å². The Kier molecular flexibility index (Phi) is 4.11. The Morgan fingerprint density at radius 3 is 3.05 bits per heavy atom. The number of carboxylic acids is 1. The van der Waals surface area contributed by atoms with Crippen molar-refractivity contribution in [2.45, 2.75) is 25.9 Å². The van der Waals surface area contributed by atoms with Gasteiger partial charge < -0.3 is 15.2 Å². The van der Waals surface area contributed by atoms with E-state index in [1.807, 2.05) is 6.92 Å². The molecule has 2 rings (SSSR count). The summed E-state index contributed by atoms with van der Waals surface area (Å²) >= 11 is 0. The molecule has 2 heterocycles. The molecule has 1 amide bonds. The highest BCUT2D eigenvalue weighted by Gasteiger charge is 2.33. The van der Waals surface area contributed by atoms with Crippen molar-refractivity contribution in [1.29, 1.82) is 0 Å². The van der Waals surface area contributed by atoms with Crippen molar-refractivity contribution in [3.05, 3.63) is 24.0 Å². The average Bonchev–Trinajstić information content (AvgIpc) is 2.87. The van der Waals surface area contributed by atoms with Crippen LogP contribution in [0.15, 0.2) is 18.5 Å². The van der Waals surface area contributed by atoms with Gasteiger partial charge in [0.2, 0.25) is 5.91 Å². The number of hydrogen-bond acceptors (Lipinski definition) is 4. The highest BCUT2D eigenvalue weighted by atomic mass is 16.5. The quantitative estimate of drug-likeness (QED) is 0.861. The first kappa shape index (κ1) is 13.5. The summed E-state index contributed by atoms with van der Waals surface area (Å²) in [6.45, 7) is 2.53. The second-order valence-electron chi connectivity index (χ2n) is 4.43. The number of rotatable bonds is 4. The van der Waals surface area contributed by atoms with Crippen LogP contribution in [0, 0.1) is 5.92 Å². The number of ether oxygens (including phenoxy) is 1. The predicted octanol–water partition coefficient (Wildman–Crippen LogP) is 1.53. The van der Waals surface area contributed by atoms with Crippen LogP contribution < -0.4 is 5.32 Å². The predicted molar refractivity (Wildman–Crippen MR) is 68.0 cm³/mol. The molecule has 1 aromatic rings. The molecule has 1 aliphatic rings. The minimum Gasteiger partial charge on any atom is -0.478 e. The first-order valence-electron chi connectivity index (χ1n) is 6.23. The van der Waals surface area contributed by atoms with Gasteiger partial charge in [0.25, 0.3) is 0 Å². The second-order valence-corrected chi connectivity index (χ2v) is 4.43. The van der Waals surface area contributed by atoms with Crippen LogP contribution in [-0.2, 0) is 9.53 Å². The molecule has 1 aromatic heterocycles. The number of amides is 1. The Hall–Kier alpha value is -1.95. The first-order valence-corrected chi connectivity index (χ1v) is 6.23. The summed E-state index contributed by atoms with van der Waals surface area (Å²) in [5, 5.41) is 11.7. The van der Waals surface area contributed by atoms with Gasteiger partial charge in [0, 0.05) is 12.8 Å². The number of pyridine rings is 1. The molecule has 102 valence electrons. The van der Waals surface area contributed by atoms with Crippen LogP contribution in [0.1, 0.15) is 30.1 Å². The Labute approximate surface area is 110 Å². The fraction of sp³-hybridized carbons (Fsp3) is 0.462. The van der Waals surface area contributed by atoms with Crippen molar-refractivity contribution in [3.8, 4) is 0 Å². The van der Waals surface area contributed by atoms with E-state index in [9.17, 15) is 9.59 Å². The Bertz CT molecular complexity index is 489. The Morgan fingerprint density at radius 2 is 2.37 bits per heavy atom. The van der Waals surface area contributed by atoms with Crippen LogP contribution in [0.5, 0.6) is 0 Å². The van der Waals surface area contributed by atoms with E-state index < -0.39 is 5.97 Å². The lowest BCUT2D eigenvalue weighted by Gasteiger charge is -2.16. The van der Waals surface area contributed by atoms with Crippen molar-refractivity contribution in [2.75, 3.05) is 11.9 Å². The van der Waals surface area contributed by atoms with Crippen LogP contribution in [-0.4, -0.2) is 34.7 Å². The van der Waals surface area contributed by atoms with Gasteiger partial charge in [-0.05, 0) is 18.9 Å². The van der Waals surface area contributed by atoms with Gasteiger partial charge in [0.15, 0.2) is 0 Å². The highest BCUT2D eigenvalue weighted by Crippen LogP contribution is 2.25. The number of anilines is 1. The summed E-state index contributed by atoms with van der Waals surface area (Å²) in [5.74, 6) is -1.53. The van der Waals surface area contributed by atoms with Crippen molar-refractivity contribution in [3.63, 3.8) is 0 Å². The van der Waals surface area contributed by atoms with E-state index in [2.05, 4.69) is 10.3 Å². The number of aromatic carboxylic acids is 1. The van der Waals surface area contributed by atoms with Gasteiger partial charge in [-0.25, -0.2) is 4.79 Å². The zero-order valence-electron chi connectivity index (χ0n) is 10.6. The average molecular weight is 264 g/mol. The van der Waals surface area contributed by atoms with Gasteiger partial charge in [0.05, 0.1) is 29.5 Å². The molecule has 1 aliphatic heterocycles. The zero-order chi connectivity index (χ0) is 13.8. The van der Waals surface area contributed by atoms with Crippen LogP contribution >= 0.6 is 0 Å². The lowest BCUT2D eigenvalue weighted by atomic mass is 9.98. The normalized spacial score (nSPS) is 22.2. The number of hydrogen-bond donors (Lipinski definition) is 2. The van der Waals surface area contributed by atoms with Gasteiger partial charge in [-0.1, -0.05) is 6.92 Å². The van der Waals surface area contributed by atoms with E-state index >= 15 is 0 Å². The maximum atomic E-state index is 12.1. The van der Waals surface area contributed by atoms with Gasteiger partial charge in [0.1, 0.15) is 0 Å². The number of carbonyl (C=O) groups excluding carboxylic acids is 1. The molecule has 0 saturated carbocycles. The maximum absolute atomic E-state index is 12.1. The second kappa shape index (κ2) is 5.79. The fourth-order valence-electron chi connectivity index (χ4n) is 2.26. The third-order valence-corrected chi connectivity index (χ3v) is 3.26. The molecule has 2 N–H and O–H groups in total. The molecule has 6 heteroatoms. The summed E-state index contributed by atoms with van der Waals surface area (Å²) in [4.78, 5) is 27.0. The molecule has 2 atom stereocenters. The number of carbonyl (C=O) groups is 2. The minimum absolute atomic E-state index is 0.0373. The van der Waals surface area contributed by atoms with Crippen LogP contribution in [0.3, 0.4) is 0 Å². The molecule has 1 saturated heterocycles. The summed E-state index contributed by atoms with van der Waals surface area (Å²) in [6.07, 6.45) is 4.05. The van der Waals surface area contributed by atoms with Crippen LogP contribution in [0.4, 0.5) is 5.69 Å². The molecule has 0 radical (unpaired) electrons. The van der Waals surface area contributed by atoms with E-state index in [1.54, 1.807) is 0 Å². The molecule has 0 spiro atoms. The Morgan fingerprint density at radius 1 is 1.58 bits per heavy atom. The SMILES string of the molecule is CCC1OCCC1C(=O)Nc1cnccc1C(=O)O. The van der Waals surface area contributed by atoms with Gasteiger partial charge >= 0.3 is 5.97 Å². The molecule has 2 unspecified atom stereocenters. The molecule has 0 aliphatic carbocycles. The van der Waals surface area contributed by atoms with Gasteiger partial charge in [-0.2, -0.15) is 0 Å². The zero-order valence-corrected chi connectivity index (χ0v) is 10.6. The molecule has 19 heavy (non-hydrogen) atoms. The van der Waals surface area contributed by atoms with E-state index in [4.69, 9.17) is 9.84 Å². The van der Waals surface area contributed by atoms with Crippen molar-refractivity contribution in [1.82, 2.24) is 4.98 Å². The standard InChI is InChI=1S/C13H16N2O4/c1-2-11-9(4-6-19-11)12(16)15-10-7-14-5-3-8(10)13(17)18/h3,5,7,9,11H,2,4,6H2,1H3,(H,15,16)(H,17,18). The monoisotopic (exact) mass is 264 g/mol. The summed E-state index contributed by atoms with van der Waals surface area (Å²) in [6, 6.07) is 1.36. The van der Waals surface area contributed by atoms with Crippen LogP contribution in [0.2, 0.25) is 0 Å². The number of nitrogens with zero attached hydrogens (tertiary/aromatic N) is 1. The van der Waals surface area contributed by atoms with Crippen molar-refractivity contribution >= 4 is 17.6 Å².